The lowest BCUT2D eigenvalue weighted by Gasteiger charge is -2.24. The molecule has 2 unspecified atom stereocenters. The quantitative estimate of drug-likeness (QED) is 0.846. The summed E-state index contributed by atoms with van der Waals surface area (Å²) >= 11 is 0. The van der Waals surface area contributed by atoms with E-state index in [1.165, 1.54) is 0 Å². The van der Waals surface area contributed by atoms with E-state index in [2.05, 4.69) is 56.6 Å². The number of hydrogen-bond donors (Lipinski definition) is 0. The molecule has 2 aromatic rings. The molecule has 0 radical (unpaired) electrons. The van der Waals surface area contributed by atoms with Gasteiger partial charge in [-0.1, -0.05) is 20.8 Å². The third kappa shape index (κ3) is 3.56. The molecule has 2 aliphatic heterocycles. The van der Waals surface area contributed by atoms with E-state index in [1.54, 1.807) is 6.33 Å². The molecule has 6 heteroatoms. The van der Waals surface area contributed by atoms with Gasteiger partial charge in [0.05, 0.1) is 17.1 Å². The molecule has 0 N–H and O–H groups in total. The molecule has 0 saturated carbocycles. The summed E-state index contributed by atoms with van der Waals surface area (Å²) in [6.07, 6.45) is 5.42. The maximum atomic E-state index is 4.59. The zero-order valence-electron chi connectivity index (χ0n) is 16.2. The molecule has 2 atom stereocenters. The Morgan fingerprint density at radius 1 is 1.04 bits per heavy atom. The van der Waals surface area contributed by atoms with Crippen LogP contribution in [0, 0.1) is 18.8 Å². The van der Waals surface area contributed by atoms with Crippen LogP contribution in [-0.2, 0) is 12.0 Å². The molecular formula is C20H28N6. The van der Waals surface area contributed by atoms with E-state index >= 15 is 0 Å². The van der Waals surface area contributed by atoms with E-state index in [0.717, 1.165) is 55.6 Å². The molecule has 26 heavy (non-hydrogen) atoms. The summed E-state index contributed by atoms with van der Waals surface area (Å²) in [5.74, 6) is 2.50. The fourth-order valence-corrected chi connectivity index (χ4v) is 4.16. The second kappa shape index (κ2) is 6.58. The van der Waals surface area contributed by atoms with Crippen molar-refractivity contribution in [3.8, 4) is 0 Å². The maximum absolute atomic E-state index is 4.59. The van der Waals surface area contributed by atoms with E-state index in [9.17, 15) is 0 Å². The number of likely N-dealkylation sites (tertiary alicyclic amines) is 1. The summed E-state index contributed by atoms with van der Waals surface area (Å²) in [5, 5.41) is 0. The van der Waals surface area contributed by atoms with Crippen molar-refractivity contribution in [2.24, 2.45) is 11.8 Å². The number of nitrogens with zero attached hydrogens (tertiary/aromatic N) is 6. The van der Waals surface area contributed by atoms with Crippen LogP contribution in [0.3, 0.4) is 0 Å². The van der Waals surface area contributed by atoms with Crippen LogP contribution in [0.1, 0.15) is 37.9 Å². The summed E-state index contributed by atoms with van der Waals surface area (Å²) < 4.78 is 0. The summed E-state index contributed by atoms with van der Waals surface area (Å²) in [5.41, 5.74) is 3.23. The van der Waals surface area contributed by atoms with Gasteiger partial charge in [-0.05, 0) is 18.8 Å². The van der Waals surface area contributed by atoms with Crippen molar-refractivity contribution in [1.29, 1.82) is 0 Å². The van der Waals surface area contributed by atoms with Gasteiger partial charge in [0.2, 0.25) is 0 Å². The number of aryl methyl sites for hydroxylation is 1. The Balaban J connectivity index is 1.39. The van der Waals surface area contributed by atoms with Gasteiger partial charge in [0.1, 0.15) is 12.1 Å². The van der Waals surface area contributed by atoms with Gasteiger partial charge in [-0.2, -0.15) is 0 Å². The highest BCUT2D eigenvalue weighted by Crippen LogP contribution is 2.34. The van der Waals surface area contributed by atoms with Gasteiger partial charge >= 0.3 is 0 Å². The molecule has 2 saturated heterocycles. The molecule has 0 aliphatic carbocycles. The second-order valence-corrected chi connectivity index (χ2v) is 8.78. The van der Waals surface area contributed by atoms with Crippen LogP contribution < -0.4 is 4.90 Å². The number of anilines is 1. The molecule has 2 aromatic heterocycles. The monoisotopic (exact) mass is 352 g/mol. The Bertz CT molecular complexity index is 770. The van der Waals surface area contributed by atoms with Gasteiger partial charge in [0.15, 0.2) is 0 Å². The molecule has 2 aliphatic rings. The summed E-state index contributed by atoms with van der Waals surface area (Å²) in [7, 11) is 0. The normalized spacial score (nSPS) is 23.5. The molecule has 138 valence electrons. The third-order valence-electron chi connectivity index (χ3n) is 5.50. The van der Waals surface area contributed by atoms with Crippen LogP contribution in [0.25, 0.3) is 0 Å². The first-order chi connectivity index (χ1) is 12.4. The second-order valence-electron chi connectivity index (χ2n) is 8.78. The molecule has 4 heterocycles. The van der Waals surface area contributed by atoms with Crippen molar-refractivity contribution < 1.29 is 0 Å². The minimum atomic E-state index is 0.0545. The van der Waals surface area contributed by atoms with Crippen LogP contribution in [0.15, 0.2) is 24.8 Å². The van der Waals surface area contributed by atoms with E-state index < -0.39 is 0 Å². The smallest absolute Gasteiger partial charge is 0.132 e. The number of fused-ring (bicyclic) bond motifs is 1. The van der Waals surface area contributed by atoms with Crippen LogP contribution >= 0.6 is 0 Å². The average molecular weight is 352 g/mol. The van der Waals surface area contributed by atoms with Gasteiger partial charge in [-0.25, -0.2) is 9.97 Å². The van der Waals surface area contributed by atoms with Crippen LogP contribution in [0.4, 0.5) is 5.82 Å². The van der Waals surface area contributed by atoms with Crippen molar-refractivity contribution in [1.82, 2.24) is 24.8 Å². The summed E-state index contributed by atoms with van der Waals surface area (Å²) in [4.78, 5) is 22.8. The van der Waals surface area contributed by atoms with Crippen LogP contribution in [-0.4, -0.2) is 51.0 Å². The highest BCUT2D eigenvalue weighted by molar-refractivity contribution is 5.42. The first-order valence-corrected chi connectivity index (χ1v) is 9.46. The Morgan fingerprint density at radius 3 is 2.42 bits per heavy atom. The van der Waals surface area contributed by atoms with Gasteiger partial charge in [0.25, 0.3) is 0 Å². The van der Waals surface area contributed by atoms with Crippen molar-refractivity contribution >= 4 is 5.82 Å². The lowest BCUT2D eigenvalue weighted by Crippen LogP contribution is -2.29. The zero-order chi connectivity index (χ0) is 18.3. The molecule has 4 rings (SSSR count). The van der Waals surface area contributed by atoms with E-state index in [1.807, 2.05) is 19.3 Å². The zero-order valence-corrected chi connectivity index (χ0v) is 16.2. The fraction of sp³-hybridized carbons (Fsp3) is 0.600. The Hall–Kier alpha value is -2.08. The van der Waals surface area contributed by atoms with Gasteiger partial charge in [-0.3, -0.25) is 14.9 Å². The van der Waals surface area contributed by atoms with E-state index in [0.29, 0.717) is 11.8 Å². The Labute approximate surface area is 155 Å². The molecule has 0 aromatic carbocycles. The molecule has 6 nitrogen and oxygen atoms in total. The minimum Gasteiger partial charge on any atom is -0.356 e. The molecular weight excluding hydrogens is 324 g/mol. The minimum absolute atomic E-state index is 0.0545. The summed E-state index contributed by atoms with van der Waals surface area (Å²) in [6.45, 7) is 13.9. The van der Waals surface area contributed by atoms with Crippen molar-refractivity contribution in [3.05, 3.63) is 41.9 Å². The predicted molar refractivity (Wildman–Crippen MR) is 102 cm³/mol. The number of hydrogen-bond acceptors (Lipinski definition) is 6. The van der Waals surface area contributed by atoms with Gasteiger partial charge < -0.3 is 4.90 Å². The van der Waals surface area contributed by atoms with Crippen molar-refractivity contribution in [2.75, 3.05) is 31.1 Å². The highest BCUT2D eigenvalue weighted by Gasteiger charge is 2.40. The average Bonchev–Trinajstić information content (AvgIpc) is 3.12. The van der Waals surface area contributed by atoms with Crippen molar-refractivity contribution in [3.63, 3.8) is 0 Å². The lowest BCUT2D eigenvalue weighted by atomic mass is 9.92. The van der Waals surface area contributed by atoms with Crippen molar-refractivity contribution in [2.45, 2.75) is 39.7 Å². The molecule has 0 amide bonds. The van der Waals surface area contributed by atoms with E-state index in [4.69, 9.17) is 0 Å². The standard InChI is InChI=1S/C20H28N6/c1-14-6-21-7-17(24-14)12-25-8-15-10-26(11-16(15)9-25)19-5-18(20(2,3)4)22-13-23-19/h5-7,13,15-16H,8-12H2,1-4H3. The molecule has 2 fully saturated rings. The Kier molecular flexibility index (Phi) is 4.39. The molecule has 0 bridgehead atoms. The topological polar surface area (TPSA) is 58.0 Å². The lowest BCUT2D eigenvalue weighted by molar-refractivity contribution is 0.304. The summed E-state index contributed by atoms with van der Waals surface area (Å²) in [6, 6.07) is 2.17. The van der Waals surface area contributed by atoms with Gasteiger partial charge in [0, 0.05) is 56.6 Å². The Morgan fingerprint density at radius 2 is 1.77 bits per heavy atom. The largest absolute Gasteiger partial charge is 0.356 e. The number of aromatic nitrogens is 4. The first kappa shape index (κ1) is 17.3. The fourth-order valence-electron chi connectivity index (χ4n) is 4.16. The van der Waals surface area contributed by atoms with Crippen LogP contribution in [0.5, 0.6) is 0 Å². The third-order valence-corrected chi connectivity index (χ3v) is 5.50. The van der Waals surface area contributed by atoms with Gasteiger partial charge in [-0.15, -0.1) is 0 Å². The first-order valence-electron chi connectivity index (χ1n) is 9.46. The number of rotatable bonds is 3. The SMILES string of the molecule is Cc1cncc(CN2CC3CN(c4cc(C(C)(C)C)ncn4)CC3C2)n1. The maximum Gasteiger partial charge on any atom is 0.132 e. The highest BCUT2D eigenvalue weighted by atomic mass is 15.3. The predicted octanol–water partition coefficient (Wildman–Crippen LogP) is 2.44. The molecule has 0 spiro atoms. The van der Waals surface area contributed by atoms with E-state index in [-0.39, 0.29) is 5.41 Å². The van der Waals surface area contributed by atoms with Crippen LogP contribution in [0.2, 0.25) is 0 Å².